The summed E-state index contributed by atoms with van der Waals surface area (Å²) in [6, 6.07) is 3.45. The highest BCUT2D eigenvalue weighted by Gasteiger charge is 2.41. The summed E-state index contributed by atoms with van der Waals surface area (Å²) in [6.07, 6.45) is 1.23. The lowest BCUT2D eigenvalue weighted by atomic mass is 9.87. The maximum Gasteiger partial charge on any atom is 0.171 e. The van der Waals surface area contributed by atoms with Crippen LogP contribution in [0, 0.1) is 0 Å². The maximum absolute atomic E-state index is 10.7. The molecule has 7 heteroatoms. The zero-order valence-corrected chi connectivity index (χ0v) is 11.4. The van der Waals surface area contributed by atoms with Crippen molar-refractivity contribution in [1.82, 2.24) is 10.5 Å². The molecular formula is C12H17ClN4O2. The first kappa shape index (κ1) is 12.9. The molecule has 2 aliphatic heterocycles. The molecule has 3 heterocycles. The van der Waals surface area contributed by atoms with E-state index >= 15 is 0 Å². The van der Waals surface area contributed by atoms with Gasteiger partial charge in [-0.05, 0) is 19.1 Å². The fourth-order valence-electron chi connectivity index (χ4n) is 2.54. The normalized spacial score (nSPS) is 22.8. The van der Waals surface area contributed by atoms with Crippen LogP contribution in [0.5, 0.6) is 0 Å². The molecule has 6 nitrogen and oxygen atoms in total. The summed E-state index contributed by atoms with van der Waals surface area (Å²) in [6.45, 7) is 3.13. The molecule has 1 saturated heterocycles. The lowest BCUT2D eigenvalue weighted by Gasteiger charge is -2.41. The summed E-state index contributed by atoms with van der Waals surface area (Å²) < 4.78 is 5.32. The van der Waals surface area contributed by atoms with E-state index in [1.165, 1.54) is 0 Å². The number of hydrogen-bond acceptors (Lipinski definition) is 6. The number of hydrazine groups is 2. The number of hydrogen-bond donors (Lipinski definition) is 3. The van der Waals surface area contributed by atoms with Crippen LogP contribution in [0.4, 0.5) is 11.5 Å². The average molecular weight is 285 g/mol. The van der Waals surface area contributed by atoms with Crippen LogP contribution >= 0.6 is 11.6 Å². The zero-order valence-electron chi connectivity index (χ0n) is 10.7. The molecule has 0 aliphatic carbocycles. The lowest BCUT2D eigenvalue weighted by molar-refractivity contribution is -0.0772. The van der Waals surface area contributed by atoms with Crippen molar-refractivity contribution in [3.05, 3.63) is 17.3 Å². The lowest BCUT2D eigenvalue weighted by Crippen LogP contribution is -2.57. The van der Waals surface area contributed by atoms with Gasteiger partial charge >= 0.3 is 0 Å². The predicted octanol–water partition coefficient (Wildman–Crippen LogP) is 1.32. The molecule has 3 N–H and O–H groups in total. The zero-order chi connectivity index (χ0) is 13.5. The number of ether oxygens (including phenoxy) is 1. The number of anilines is 2. The Morgan fingerprint density at radius 2 is 2.21 bits per heavy atom. The minimum absolute atomic E-state index is 0.142. The number of aromatic nitrogens is 1. The van der Waals surface area contributed by atoms with E-state index in [1.807, 2.05) is 18.0 Å². The Morgan fingerprint density at radius 3 is 2.95 bits per heavy atom. The molecule has 0 amide bonds. The van der Waals surface area contributed by atoms with E-state index in [1.54, 1.807) is 6.07 Å². The van der Waals surface area contributed by atoms with E-state index in [2.05, 4.69) is 15.9 Å². The van der Waals surface area contributed by atoms with Crippen molar-refractivity contribution in [1.29, 1.82) is 0 Å². The largest absolute Gasteiger partial charge is 0.388 e. The second-order valence-corrected chi connectivity index (χ2v) is 5.39. The number of halogens is 1. The Bertz CT molecular complexity index is 479. The number of pyridine rings is 1. The van der Waals surface area contributed by atoms with E-state index < -0.39 is 5.60 Å². The number of aliphatic hydroxyl groups is 1. The molecule has 0 spiro atoms. The summed E-state index contributed by atoms with van der Waals surface area (Å²) in [5.41, 5.74) is 6.12. The fourth-order valence-corrected chi connectivity index (χ4v) is 2.69. The summed E-state index contributed by atoms with van der Waals surface area (Å²) in [5.74, 6) is 0.708. The van der Waals surface area contributed by atoms with Gasteiger partial charge in [0, 0.05) is 26.1 Å². The molecule has 1 atom stereocenters. The molecule has 3 rings (SSSR count). The third-order valence-corrected chi connectivity index (χ3v) is 4.11. The van der Waals surface area contributed by atoms with Crippen LogP contribution in [0.25, 0.3) is 0 Å². The van der Waals surface area contributed by atoms with Crippen LogP contribution in [0.2, 0.25) is 5.15 Å². The molecule has 0 radical (unpaired) electrons. The van der Waals surface area contributed by atoms with Crippen molar-refractivity contribution in [2.75, 3.05) is 23.6 Å². The molecule has 104 valence electrons. The van der Waals surface area contributed by atoms with E-state index in [-0.39, 0.29) is 6.04 Å². The van der Waals surface area contributed by atoms with Crippen molar-refractivity contribution in [3.8, 4) is 0 Å². The van der Waals surface area contributed by atoms with Gasteiger partial charge in [0.1, 0.15) is 5.15 Å². The second-order valence-electron chi connectivity index (χ2n) is 5.00. The molecule has 1 unspecified atom stereocenters. The van der Waals surface area contributed by atoms with Gasteiger partial charge in [-0.15, -0.1) is 5.53 Å². The van der Waals surface area contributed by atoms with Crippen molar-refractivity contribution in [3.63, 3.8) is 0 Å². The second kappa shape index (κ2) is 4.79. The highest BCUT2D eigenvalue weighted by molar-refractivity contribution is 6.29. The number of fused-ring (bicyclic) bond motifs is 1. The summed E-state index contributed by atoms with van der Waals surface area (Å²) in [4.78, 5) is 4.31. The van der Waals surface area contributed by atoms with Gasteiger partial charge < -0.3 is 15.3 Å². The maximum atomic E-state index is 10.7. The standard InChI is InChI=1S/C12H17ClN4O2/c1-8(12(18)4-6-19-7-5-12)17-11-9(15-16-17)2-3-10(13)14-11/h2-3,8,15-16,18H,4-7H2,1H3. The first-order valence-corrected chi connectivity index (χ1v) is 6.75. The van der Waals surface area contributed by atoms with Gasteiger partial charge in [-0.1, -0.05) is 11.6 Å². The van der Waals surface area contributed by atoms with Crippen LogP contribution in [-0.4, -0.2) is 34.9 Å². The summed E-state index contributed by atoms with van der Waals surface area (Å²) in [5, 5.41) is 13.0. The number of nitrogens with zero attached hydrogens (tertiary/aromatic N) is 2. The molecule has 0 aromatic carbocycles. The van der Waals surface area contributed by atoms with Crippen LogP contribution in [0.15, 0.2) is 12.1 Å². The van der Waals surface area contributed by atoms with Crippen LogP contribution in [0.1, 0.15) is 19.8 Å². The Kier molecular flexibility index (Phi) is 3.26. The van der Waals surface area contributed by atoms with Gasteiger partial charge in [0.25, 0.3) is 0 Å². The Balaban J connectivity index is 1.86. The predicted molar refractivity (Wildman–Crippen MR) is 72.9 cm³/mol. The fraction of sp³-hybridized carbons (Fsp3) is 0.583. The van der Waals surface area contributed by atoms with Crippen LogP contribution in [-0.2, 0) is 4.74 Å². The van der Waals surface area contributed by atoms with Gasteiger partial charge in [0.15, 0.2) is 5.82 Å². The van der Waals surface area contributed by atoms with Gasteiger partial charge in [0.05, 0.1) is 17.3 Å². The third-order valence-electron chi connectivity index (χ3n) is 3.90. The molecule has 2 aliphatic rings. The van der Waals surface area contributed by atoms with Crippen molar-refractivity contribution in [2.24, 2.45) is 0 Å². The molecule has 1 aromatic heterocycles. The Hall–Kier alpha value is -1.08. The molecule has 0 bridgehead atoms. The quantitative estimate of drug-likeness (QED) is 0.712. The number of rotatable bonds is 2. The monoisotopic (exact) mass is 284 g/mol. The first-order chi connectivity index (χ1) is 9.10. The van der Waals surface area contributed by atoms with Crippen molar-refractivity contribution in [2.45, 2.75) is 31.4 Å². The molecule has 1 aromatic rings. The van der Waals surface area contributed by atoms with Gasteiger partial charge in [0.2, 0.25) is 0 Å². The van der Waals surface area contributed by atoms with Crippen LogP contribution < -0.4 is 16.0 Å². The summed E-state index contributed by atoms with van der Waals surface area (Å²) in [7, 11) is 0. The molecule has 19 heavy (non-hydrogen) atoms. The van der Waals surface area contributed by atoms with Crippen LogP contribution in [0.3, 0.4) is 0 Å². The minimum atomic E-state index is -0.793. The summed E-state index contributed by atoms with van der Waals surface area (Å²) >= 11 is 5.94. The first-order valence-electron chi connectivity index (χ1n) is 6.38. The molecule has 0 saturated carbocycles. The SMILES string of the molecule is CC(N1NNc2ccc(Cl)nc21)C1(O)CCOCC1. The van der Waals surface area contributed by atoms with Gasteiger partial charge in [-0.3, -0.25) is 5.01 Å². The van der Waals surface area contributed by atoms with E-state index in [0.29, 0.717) is 37.0 Å². The smallest absolute Gasteiger partial charge is 0.171 e. The Labute approximate surface area is 116 Å². The molecule has 1 fully saturated rings. The van der Waals surface area contributed by atoms with E-state index in [4.69, 9.17) is 16.3 Å². The van der Waals surface area contributed by atoms with E-state index in [9.17, 15) is 5.11 Å². The van der Waals surface area contributed by atoms with Gasteiger partial charge in [-0.2, -0.15) is 0 Å². The van der Waals surface area contributed by atoms with E-state index in [0.717, 1.165) is 5.69 Å². The highest BCUT2D eigenvalue weighted by Crippen LogP contribution is 2.35. The topological polar surface area (TPSA) is 69.7 Å². The Morgan fingerprint density at radius 1 is 1.47 bits per heavy atom. The van der Waals surface area contributed by atoms with Crippen molar-refractivity contribution < 1.29 is 9.84 Å². The van der Waals surface area contributed by atoms with Gasteiger partial charge in [-0.25, -0.2) is 4.98 Å². The minimum Gasteiger partial charge on any atom is -0.388 e. The molecular weight excluding hydrogens is 268 g/mol. The third kappa shape index (κ3) is 2.25. The number of nitrogens with one attached hydrogen (secondary N) is 2. The highest BCUT2D eigenvalue weighted by atomic mass is 35.5. The average Bonchev–Trinajstić information content (AvgIpc) is 2.81. The van der Waals surface area contributed by atoms with Crippen molar-refractivity contribution >= 4 is 23.1 Å².